The van der Waals surface area contributed by atoms with Crippen LogP contribution in [0.4, 0.5) is 0 Å². The summed E-state index contributed by atoms with van der Waals surface area (Å²) in [4.78, 5) is 14.4. The second-order valence-electron chi connectivity index (χ2n) is 4.37. The Kier molecular flexibility index (Phi) is 2.56. The van der Waals surface area contributed by atoms with Gasteiger partial charge >= 0.3 is 0 Å². The number of aryl methyl sites for hydroxylation is 2. The van der Waals surface area contributed by atoms with Gasteiger partial charge in [-0.2, -0.15) is 4.99 Å². The summed E-state index contributed by atoms with van der Waals surface area (Å²) >= 11 is 0. The molecular weight excluding hydrogens is 202 g/mol. The lowest BCUT2D eigenvalue weighted by Crippen LogP contribution is -2.06. The van der Waals surface area contributed by atoms with Crippen LogP contribution < -0.4 is 4.74 Å². The highest BCUT2D eigenvalue weighted by Gasteiger charge is 2.46. The van der Waals surface area contributed by atoms with E-state index in [9.17, 15) is 4.79 Å². The normalized spacial score (nSPS) is 16.4. The van der Waals surface area contributed by atoms with E-state index in [4.69, 9.17) is 4.74 Å². The van der Waals surface area contributed by atoms with Gasteiger partial charge in [0.05, 0.1) is 7.11 Å². The van der Waals surface area contributed by atoms with Crippen molar-refractivity contribution in [2.24, 2.45) is 4.99 Å². The summed E-state index contributed by atoms with van der Waals surface area (Å²) in [6.45, 7) is 4.10. The Morgan fingerprint density at radius 3 is 2.44 bits per heavy atom. The molecule has 0 aliphatic heterocycles. The second kappa shape index (κ2) is 3.76. The maximum atomic E-state index is 10.5. The zero-order valence-corrected chi connectivity index (χ0v) is 9.83. The highest BCUT2D eigenvalue weighted by atomic mass is 16.5. The van der Waals surface area contributed by atoms with Crippen LogP contribution in [-0.2, 0) is 10.3 Å². The first-order valence-corrected chi connectivity index (χ1v) is 5.38. The molecule has 3 heteroatoms. The van der Waals surface area contributed by atoms with Crippen LogP contribution in [0, 0.1) is 13.8 Å². The quantitative estimate of drug-likeness (QED) is 0.576. The van der Waals surface area contributed by atoms with Crippen LogP contribution in [0.5, 0.6) is 5.75 Å². The molecule has 0 N–H and O–H groups in total. The first kappa shape index (κ1) is 10.9. The Bertz CT molecular complexity index is 469. The largest absolute Gasteiger partial charge is 0.496 e. The zero-order valence-electron chi connectivity index (χ0n) is 9.83. The summed E-state index contributed by atoms with van der Waals surface area (Å²) in [6, 6.07) is 4.08. The molecule has 2 rings (SSSR count). The molecule has 0 aromatic heterocycles. The van der Waals surface area contributed by atoms with Gasteiger partial charge in [0.2, 0.25) is 6.08 Å². The van der Waals surface area contributed by atoms with E-state index < -0.39 is 0 Å². The summed E-state index contributed by atoms with van der Waals surface area (Å²) in [7, 11) is 1.65. The number of isocyanates is 1. The third kappa shape index (κ3) is 1.63. The molecule has 0 radical (unpaired) electrons. The highest BCUT2D eigenvalue weighted by Crippen LogP contribution is 2.52. The van der Waals surface area contributed by atoms with E-state index in [2.05, 4.69) is 18.0 Å². The first-order valence-electron chi connectivity index (χ1n) is 5.38. The molecule has 3 nitrogen and oxygen atoms in total. The number of carbonyl (C=O) groups excluding carboxylic acids is 1. The minimum absolute atomic E-state index is 0.356. The summed E-state index contributed by atoms with van der Waals surface area (Å²) in [5, 5.41) is 0. The molecule has 0 amide bonds. The number of hydrogen-bond acceptors (Lipinski definition) is 3. The predicted octanol–water partition coefficient (Wildman–Crippen LogP) is 2.64. The van der Waals surface area contributed by atoms with Gasteiger partial charge in [0.15, 0.2) is 0 Å². The van der Waals surface area contributed by atoms with Gasteiger partial charge in [0.1, 0.15) is 11.3 Å². The molecule has 1 fully saturated rings. The van der Waals surface area contributed by atoms with Crippen molar-refractivity contribution in [3.63, 3.8) is 0 Å². The van der Waals surface area contributed by atoms with Crippen molar-refractivity contribution in [3.05, 3.63) is 28.8 Å². The summed E-state index contributed by atoms with van der Waals surface area (Å²) in [5.74, 6) is 0.819. The molecule has 1 saturated carbocycles. The fourth-order valence-electron chi connectivity index (χ4n) is 1.97. The van der Waals surface area contributed by atoms with Crippen molar-refractivity contribution in [1.82, 2.24) is 0 Å². The van der Waals surface area contributed by atoms with Crippen molar-refractivity contribution >= 4 is 6.08 Å². The van der Waals surface area contributed by atoms with Gasteiger partial charge in [0, 0.05) is 5.56 Å². The molecule has 84 valence electrons. The van der Waals surface area contributed by atoms with Crippen LogP contribution in [0.1, 0.15) is 29.5 Å². The molecule has 0 bridgehead atoms. The first-order chi connectivity index (χ1) is 7.63. The smallest absolute Gasteiger partial charge is 0.235 e. The summed E-state index contributed by atoms with van der Waals surface area (Å²) in [6.07, 6.45) is 3.48. The van der Waals surface area contributed by atoms with E-state index in [1.807, 2.05) is 13.0 Å². The maximum Gasteiger partial charge on any atom is 0.235 e. The van der Waals surface area contributed by atoms with Crippen molar-refractivity contribution < 1.29 is 9.53 Å². The van der Waals surface area contributed by atoms with E-state index in [1.54, 1.807) is 13.2 Å². The Morgan fingerprint density at radius 1 is 1.31 bits per heavy atom. The van der Waals surface area contributed by atoms with Crippen molar-refractivity contribution in [1.29, 1.82) is 0 Å². The SMILES string of the molecule is COc1cc(C)c(C)cc1C1(N=C=O)CC1. The number of hydrogen-bond donors (Lipinski definition) is 0. The molecular formula is C13H15NO2. The molecule has 1 aliphatic rings. The van der Waals surface area contributed by atoms with Crippen LogP contribution in [0.25, 0.3) is 0 Å². The maximum absolute atomic E-state index is 10.5. The van der Waals surface area contributed by atoms with Crippen LogP contribution in [-0.4, -0.2) is 13.2 Å². The topological polar surface area (TPSA) is 38.7 Å². The van der Waals surface area contributed by atoms with Crippen LogP contribution in [0.15, 0.2) is 17.1 Å². The number of aliphatic imine (C=N–C) groups is 1. The van der Waals surface area contributed by atoms with Crippen LogP contribution >= 0.6 is 0 Å². The lowest BCUT2D eigenvalue weighted by Gasteiger charge is -2.15. The lowest BCUT2D eigenvalue weighted by molar-refractivity contribution is 0.404. The lowest BCUT2D eigenvalue weighted by atomic mass is 9.98. The fraction of sp³-hybridized carbons (Fsp3) is 0.462. The molecule has 1 aromatic rings. The third-order valence-corrected chi connectivity index (χ3v) is 3.30. The van der Waals surface area contributed by atoms with Gasteiger partial charge in [-0.05, 0) is 49.9 Å². The minimum Gasteiger partial charge on any atom is -0.496 e. The Labute approximate surface area is 95.2 Å². The van der Waals surface area contributed by atoms with Gasteiger partial charge in [-0.15, -0.1) is 0 Å². The number of ether oxygens (including phenoxy) is 1. The van der Waals surface area contributed by atoms with Crippen molar-refractivity contribution in [3.8, 4) is 5.75 Å². The molecule has 0 unspecified atom stereocenters. The highest BCUT2D eigenvalue weighted by molar-refractivity contribution is 5.50. The van der Waals surface area contributed by atoms with E-state index in [0.717, 1.165) is 24.2 Å². The van der Waals surface area contributed by atoms with Crippen LogP contribution in [0.3, 0.4) is 0 Å². The average molecular weight is 217 g/mol. The zero-order chi connectivity index (χ0) is 11.8. The fourth-order valence-corrected chi connectivity index (χ4v) is 1.97. The molecule has 0 saturated heterocycles. The number of methoxy groups -OCH3 is 1. The molecule has 16 heavy (non-hydrogen) atoms. The molecule has 1 aliphatic carbocycles. The summed E-state index contributed by atoms with van der Waals surface area (Å²) < 4.78 is 5.36. The standard InChI is InChI=1S/C13H15NO2/c1-9-6-11(12(16-3)7-10(9)2)13(4-5-13)14-8-15/h6-7H,4-5H2,1-3H3. The Morgan fingerprint density at radius 2 is 1.94 bits per heavy atom. The van der Waals surface area contributed by atoms with E-state index in [1.165, 1.54) is 11.1 Å². The molecule has 1 aromatic carbocycles. The predicted molar refractivity (Wildman–Crippen MR) is 61.5 cm³/mol. The monoisotopic (exact) mass is 217 g/mol. The van der Waals surface area contributed by atoms with Crippen molar-refractivity contribution in [2.75, 3.05) is 7.11 Å². The number of rotatable bonds is 3. The number of nitrogens with zero attached hydrogens (tertiary/aromatic N) is 1. The average Bonchev–Trinajstić information content (AvgIpc) is 3.03. The molecule has 0 atom stereocenters. The van der Waals surface area contributed by atoms with E-state index >= 15 is 0 Å². The second-order valence-corrected chi connectivity index (χ2v) is 4.37. The minimum atomic E-state index is -0.356. The summed E-state index contributed by atoms with van der Waals surface area (Å²) in [5.41, 5.74) is 3.04. The van der Waals surface area contributed by atoms with Gasteiger partial charge < -0.3 is 4.74 Å². The van der Waals surface area contributed by atoms with Gasteiger partial charge in [-0.1, -0.05) is 0 Å². The van der Waals surface area contributed by atoms with E-state index in [0.29, 0.717) is 0 Å². The van der Waals surface area contributed by atoms with E-state index in [-0.39, 0.29) is 5.54 Å². The Balaban J connectivity index is 2.55. The Hall–Kier alpha value is -1.60. The number of benzene rings is 1. The van der Waals surface area contributed by atoms with Crippen LogP contribution in [0.2, 0.25) is 0 Å². The molecule has 0 spiro atoms. The van der Waals surface area contributed by atoms with Gasteiger partial charge in [-0.25, -0.2) is 4.79 Å². The third-order valence-electron chi connectivity index (χ3n) is 3.30. The van der Waals surface area contributed by atoms with Gasteiger partial charge in [-0.3, -0.25) is 0 Å². The van der Waals surface area contributed by atoms with Gasteiger partial charge in [0.25, 0.3) is 0 Å². The molecule has 0 heterocycles. The van der Waals surface area contributed by atoms with Crippen molar-refractivity contribution in [2.45, 2.75) is 32.2 Å².